The van der Waals surface area contributed by atoms with E-state index in [4.69, 9.17) is 0 Å². The first kappa shape index (κ1) is 53.2. The van der Waals surface area contributed by atoms with E-state index in [-0.39, 0.29) is 34.0 Å². The zero-order chi connectivity index (χ0) is 33.9. The molecule has 0 aromatic carbocycles. The lowest BCUT2D eigenvalue weighted by Gasteiger charge is -2.31. The van der Waals surface area contributed by atoms with Crippen LogP contribution in [0.2, 0.25) is 0 Å². The molecule has 0 bridgehead atoms. The highest BCUT2D eigenvalue weighted by atomic mass is 79.9. The molecule has 0 N–H and O–H groups in total. The standard InChI is InChI=1S/C44H94N2.2BrH/c1-7-9-11-13-15-17-19-21-23-24-26-28-30-32-34-38-42-46(5,6)44-40-36-35-39-43-45(3,4)41-37-33-31-29-27-25-22-20-18-16-14-12-10-8-2;;/h7-44H2,1-6H3;2*1H/q+2;;/p-2. The number of rotatable bonds is 39. The Hall–Kier alpha value is 0.880. The van der Waals surface area contributed by atoms with Crippen LogP contribution in [0.4, 0.5) is 0 Å². The molecule has 294 valence electrons. The minimum absolute atomic E-state index is 0. The van der Waals surface area contributed by atoms with Crippen LogP contribution in [0.25, 0.3) is 0 Å². The Kier molecular flexibility index (Phi) is 45.1. The van der Waals surface area contributed by atoms with E-state index in [9.17, 15) is 0 Å². The van der Waals surface area contributed by atoms with E-state index in [1.165, 1.54) is 253 Å². The predicted molar refractivity (Wildman–Crippen MR) is 212 cm³/mol. The average molecular weight is 811 g/mol. The van der Waals surface area contributed by atoms with Gasteiger partial charge in [-0.15, -0.1) is 0 Å². The van der Waals surface area contributed by atoms with Gasteiger partial charge in [0.15, 0.2) is 0 Å². The summed E-state index contributed by atoms with van der Waals surface area (Å²) in [5, 5.41) is 0. The molecule has 2 nitrogen and oxygen atoms in total. The summed E-state index contributed by atoms with van der Waals surface area (Å²) in [5.74, 6) is 0. The molecular weight excluding hydrogens is 716 g/mol. The Morgan fingerprint density at radius 2 is 0.333 bits per heavy atom. The number of nitrogens with zero attached hydrogens (tertiary/aromatic N) is 2. The summed E-state index contributed by atoms with van der Waals surface area (Å²) in [6, 6.07) is 0. The van der Waals surface area contributed by atoms with Crippen molar-refractivity contribution in [3.63, 3.8) is 0 Å². The van der Waals surface area contributed by atoms with Gasteiger partial charge in [-0.3, -0.25) is 0 Å². The maximum atomic E-state index is 2.47. The van der Waals surface area contributed by atoms with Gasteiger partial charge in [0.05, 0.1) is 54.4 Å². The molecule has 0 heterocycles. The van der Waals surface area contributed by atoms with Crippen molar-refractivity contribution in [1.82, 2.24) is 0 Å². The maximum Gasteiger partial charge on any atom is 0.0782 e. The largest absolute Gasteiger partial charge is 1.00 e. The normalized spacial score (nSPS) is 11.9. The Balaban J connectivity index is -0.0000101. The van der Waals surface area contributed by atoms with Gasteiger partial charge in [0, 0.05) is 0 Å². The molecule has 0 aromatic rings. The van der Waals surface area contributed by atoms with Gasteiger partial charge in [-0.1, -0.05) is 181 Å². The lowest BCUT2D eigenvalue weighted by molar-refractivity contribution is -0.891. The van der Waals surface area contributed by atoms with Crippen LogP contribution in [-0.2, 0) is 0 Å². The minimum Gasteiger partial charge on any atom is -1.00 e. The SMILES string of the molecule is CCCCCCCCCCCCCCCCCC[N+](C)(C)CCCCCC[N+](C)(C)CCCCCCCCCCCCCCCC.[Br-].[Br-]. The molecule has 0 spiro atoms. The lowest BCUT2D eigenvalue weighted by Crippen LogP contribution is -3.00. The van der Waals surface area contributed by atoms with Gasteiger partial charge in [0.1, 0.15) is 0 Å². The summed E-state index contributed by atoms with van der Waals surface area (Å²) < 4.78 is 2.47. The van der Waals surface area contributed by atoms with Gasteiger partial charge < -0.3 is 42.9 Å². The third kappa shape index (κ3) is 43.0. The molecular formula is C44H94Br2N2. The van der Waals surface area contributed by atoms with Crippen LogP contribution in [0.3, 0.4) is 0 Å². The topological polar surface area (TPSA) is 0 Å². The molecule has 0 aliphatic heterocycles. The molecule has 4 heteroatoms. The minimum atomic E-state index is 0. The molecule has 0 radical (unpaired) electrons. The van der Waals surface area contributed by atoms with Crippen molar-refractivity contribution in [3.05, 3.63) is 0 Å². The van der Waals surface area contributed by atoms with E-state index >= 15 is 0 Å². The Bertz CT molecular complexity index is 580. The summed E-state index contributed by atoms with van der Waals surface area (Å²) in [6.07, 6.45) is 49.5. The van der Waals surface area contributed by atoms with Crippen LogP contribution < -0.4 is 34.0 Å². The number of halogens is 2. The van der Waals surface area contributed by atoms with Gasteiger partial charge in [-0.2, -0.15) is 0 Å². The quantitative estimate of drug-likeness (QED) is 0.0432. The molecule has 0 atom stereocenters. The molecule has 0 amide bonds. The van der Waals surface area contributed by atoms with E-state index in [0.717, 1.165) is 0 Å². The second-order valence-corrected chi connectivity index (χ2v) is 17.1. The molecule has 48 heavy (non-hydrogen) atoms. The van der Waals surface area contributed by atoms with Gasteiger partial charge in [-0.05, 0) is 51.4 Å². The smallest absolute Gasteiger partial charge is 0.0782 e. The third-order valence-corrected chi connectivity index (χ3v) is 11.0. The van der Waals surface area contributed by atoms with Crippen molar-refractivity contribution < 1.29 is 42.9 Å². The maximum absolute atomic E-state index is 2.47. The first-order chi connectivity index (χ1) is 22.3. The van der Waals surface area contributed by atoms with Gasteiger partial charge in [0.2, 0.25) is 0 Å². The number of unbranched alkanes of at least 4 members (excludes halogenated alkanes) is 31. The second kappa shape index (κ2) is 40.6. The zero-order valence-corrected chi connectivity index (χ0v) is 37.7. The lowest BCUT2D eigenvalue weighted by atomic mass is 10.0. The Morgan fingerprint density at radius 1 is 0.208 bits per heavy atom. The molecule has 0 aliphatic carbocycles. The number of quaternary nitrogens is 2. The van der Waals surface area contributed by atoms with E-state index in [1.807, 2.05) is 0 Å². The third-order valence-electron chi connectivity index (χ3n) is 11.0. The van der Waals surface area contributed by atoms with E-state index in [1.54, 1.807) is 0 Å². The highest BCUT2D eigenvalue weighted by Crippen LogP contribution is 2.16. The van der Waals surface area contributed by atoms with Crippen LogP contribution in [0.5, 0.6) is 0 Å². The van der Waals surface area contributed by atoms with Crippen LogP contribution in [0.15, 0.2) is 0 Å². The highest BCUT2D eigenvalue weighted by Gasteiger charge is 2.16. The Labute approximate surface area is 327 Å². The summed E-state index contributed by atoms with van der Waals surface area (Å²) in [7, 11) is 9.89. The van der Waals surface area contributed by atoms with Gasteiger partial charge >= 0.3 is 0 Å². The van der Waals surface area contributed by atoms with Crippen molar-refractivity contribution in [1.29, 1.82) is 0 Å². The second-order valence-electron chi connectivity index (χ2n) is 17.1. The molecule has 0 fully saturated rings. The molecule has 0 saturated carbocycles. The van der Waals surface area contributed by atoms with E-state index in [0.29, 0.717) is 0 Å². The average Bonchev–Trinajstić information content (AvgIpc) is 3.02. The van der Waals surface area contributed by atoms with Crippen molar-refractivity contribution in [2.45, 2.75) is 232 Å². The molecule has 0 aromatic heterocycles. The summed E-state index contributed by atoms with van der Waals surface area (Å²) in [6.45, 7) is 10.1. The fourth-order valence-electron chi connectivity index (χ4n) is 7.48. The van der Waals surface area contributed by atoms with Crippen molar-refractivity contribution in [3.8, 4) is 0 Å². The number of hydrogen-bond acceptors (Lipinski definition) is 0. The van der Waals surface area contributed by atoms with Crippen LogP contribution in [-0.4, -0.2) is 63.3 Å². The van der Waals surface area contributed by atoms with Crippen LogP contribution in [0, 0.1) is 0 Å². The summed E-state index contributed by atoms with van der Waals surface area (Å²) in [5.41, 5.74) is 0. The predicted octanol–water partition coefficient (Wildman–Crippen LogP) is 8.45. The van der Waals surface area contributed by atoms with Crippen LogP contribution in [0.1, 0.15) is 232 Å². The first-order valence-electron chi connectivity index (χ1n) is 22.0. The first-order valence-corrected chi connectivity index (χ1v) is 22.0. The number of hydrogen-bond donors (Lipinski definition) is 0. The molecule has 0 rings (SSSR count). The molecule has 0 aliphatic rings. The van der Waals surface area contributed by atoms with Gasteiger partial charge in [0.25, 0.3) is 0 Å². The fourth-order valence-corrected chi connectivity index (χ4v) is 7.48. The summed E-state index contributed by atoms with van der Waals surface area (Å²) in [4.78, 5) is 0. The molecule has 0 saturated heterocycles. The van der Waals surface area contributed by atoms with Crippen molar-refractivity contribution >= 4 is 0 Å². The van der Waals surface area contributed by atoms with Crippen molar-refractivity contribution in [2.24, 2.45) is 0 Å². The fraction of sp³-hybridized carbons (Fsp3) is 1.00. The highest BCUT2D eigenvalue weighted by molar-refractivity contribution is 4.52. The molecule has 0 unspecified atom stereocenters. The zero-order valence-electron chi connectivity index (χ0n) is 34.5. The summed E-state index contributed by atoms with van der Waals surface area (Å²) >= 11 is 0. The Morgan fingerprint density at radius 3 is 0.479 bits per heavy atom. The van der Waals surface area contributed by atoms with E-state index in [2.05, 4.69) is 42.0 Å². The van der Waals surface area contributed by atoms with E-state index < -0.39 is 0 Å². The van der Waals surface area contributed by atoms with Gasteiger partial charge in [-0.25, -0.2) is 0 Å². The van der Waals surface area contributed by atoms with Crippen LogP contribution >= 0.6 is 0 Å². The monoisotopic (exact) mass is 809 g/mol. The van der Waals surface area contributed by atoms with Crippen molar-refractivity contribution in [2.75, 3.05) is 54.4 Å².